The minimum Gasteiger partial charge on any atom is -0.377 e. The predicted molar refractivity (Wildman–Crippen MR) is 79.6 cm³/mol. The molecule has 1 N–H and O–H groups in total. The van der Waals surface area contributed by atoms with Crippen LogP contribution in [0.1, 0.15) is 23.7 Å². The van der Waals surface area contributed by atoms with E-state index in [1.807, 2.05) is 30.9 Å². The first-order chi connectivity index (χ1) is 9.13. The molecule has 2 heterocycles. The van der Waals surface area contributed by atoms with E-state index in [4.69, 9.17) is 0 Å². The third-order valence-electron chi connectivity index (χ3n) is 3.18. The largest absolute Gasteiger partial charge is 0.377 e. The number of nitrogens with one attached hydrogen (secondary N) is 1. The molecular weight excluding hydrogens is 256 g/mol. The Balaban J connectivity index is 1.86. The Hall–Kier alpha value is -1.88. The molecule has 4 nitrogen and oxygen atoms in total. The monoisotopic (exact) mass is 272 g/mol. The standard InChI is InChI=1S/C14H16N4S/c1-9(13-6-7-15-18(13)3)16-11-4-5-12-14(8-11)19-10(2)17-12/h4-9,16H,1-3H3. The summed E-state index contributed by atoms with van der Waals surface area (Å²) >= 11 is 1.73. The van der Waals surface area contributed by atoms with Crippen molar-refractivity contribution >= 4 is 27.2 Å². The van der Waals surface area contributed by atoms with Crippen molar-refractivity contribution in [2.24, 2.45) is 7.05 Å². The molecule has 0 aliphatic heterocycles. The molecule has 0 saturated heterocycles. The van der Waals surface area contributed by atoms with Gasteiger partial charge in [0.15, 0.2) is 0 Å². The average molecular weight is 272 g/mol. The second-order valence-corrected chi connectivity index (χ2v) is 5.90. The molecule has 5 heteroatoms. The highest BCUT2D eigenvalue weighted by molar-refractivity contribution is 7.18. The zero-order chi connectivity index (χ0) is 13.4. The number of benzene rings is 1. The van der Waals surface area contributed by atoms with Gasteiger partial charge in [0.05, 0.1) is 27.0 Å². The van der Waals surface area contributed by atoms with Crippen molar-refractivity contribution in [3.8, 4) is 0 Å². The normalized spacial score (nSPS) is 12.8. The summed E-state index contributed by atoms with van der Waals surface area (Å²) in [6.45, 7) is 4.18. The molecule has 0 spiro atoms. The van der Waals surface area contributed by atoms with Gasteiger partial charge in [0.1, 0.15) is 0 Å². The van der Waals surface area contributed by atoms with Gasteiger partial charge >= 0.3 is 0 Å². The highest BCUT2D eigenvalue weighted by Gasteiger charge is 2.10. The molecule has 19 heavy (non-hydrogen) atoms. The first-order valence-corrected chi connectivity index (χ1v) is 7.07. The fourth-order valence-corrected chi connectivity index (χ4v) is 3.13. The third kappa shape index (κ3) is 2.33. The molecule has 1 aromatic carbocycles. The van der Waals surface area contributed by atoms with E-state index in [0.717, 1.165) is 16.2 Å². The fourth-order valence-electron chi connectivity index (χ4n) is 2.26. The van der Waals surface area contributed by atoms with Crippen LogP contribution in [-0.2, 0) is 7.05 Å². The van der Waals surface area contributed by atoms with Crippen LogP contribution in [0, 0.1) is 6.92 Å². The summed E-state index contributed by atoms with van der Waals surface area (Å²) in [6, 6.07) is 8.56. The Morgan fingerprint density at radius 1 is 1.32 bits per heavy atom. The van der Waals surface area contributed by atoms with E-state index < -0.39 is 0 Å². The first-order valence-electron chi connectivity index (χ1n) is 6.25. The van der Waals surface area contributed by atoms with Crippen LogP contribution in [0.2, 0.25) is 0 Å². The van der Waals surface area contributed by atoms with E-state index in [-0.39, 0.29) is 6.04 Å². The van der Waals surface area contributed by atoms with Crippen LogP contribution in [0.25, 0.3) is 10.2 Å². The topological polar surface area (TPSA) is 42.7 Å². The number of nitrogens with zero attached hydrogens (tertiary/aromatic N) is 3. The van der Waals surface area contributed by atoms with E-state index in [9.17, 15) is 0 Å². The maximum Gasteiger partial charge on any atom is 0.0907 e. The zero-order valence-corrected chi connectivity index (χ0v) is 12.0. The highest BCUT2D eigenvalue weighted by Crippen LogP contribution is 2.26. The minimum absolute atomic E-state index is 0.221. The van der Waals surface area contributed by atoms with Crippen LogP contribution in [0.3, 0.4) is 0 Å². The summed E-state index contributed by atoms with van der Waals surface area (Å²) in [5.74, 6) is 0. The average Bonchev–Trinajstić information content (AvgIpc) is 2.93. The number of aryl methyl sites for hydroxylation is 2. The van der Waals surface area contributed by atoms with Gasteiger partial charge in [-0.25, -0.2) is 4.98 Å². The van der Waals surface area contributed by atoms with E-state index in [0.29, 0.717) is 0 Å². The lowest BCUT2D eigenvalue weighted by Gasteiger charge is -2.15. The van der Waals surface area contributed by atoms with Gasteiger partial charge in [-0.15, -0.1) is 11.3 Å². The summed E-state index contributed by atoms with van der Waals surface area (Å²) in [5.41, 5.74) is 3.35. The number of fused-ring (bicyclic) bond motifs is 1. The summed E-state index contributed by atoms with van der Waals surface area (Å²) in [6.07, 6.45) is 1.82. The van der Waals surface area contributed by atoms with Crippen molar-refractivity contribution < 1.29 is 0 Å². The van der Waals surface area contributed by atoms with E-state index in [2.05, 4.69) is 40.5 Å². The van der Waals surface area contributed by atoms with Crippen LogP contribution in [0.15, 0.2) is 30.5 Å². The number of rotatable bonds is 3. The van der Waals surface area contributed by atoms with Gasteiger partial charge in [0.2, 0.25) is 0 Å². The fraction of sp³-hybridized carbons (Fsp3) is 0.286. The number of aromatic nitrogens is 3. The Labute approximate surface area is 116 Å². The quantitative estimate of drug-likeness (QED) is 0.793. The summed E-state index contributed by atoms with van der Waals surface area (Å²) in [5, 5.41) is 8.81. The SMILES string of the molecule is Cc1nc2ccc(NC(C)c3ccnn3C)cc2s1. The molecule has 3 aromatic rings. The smallest absolute Gasteiger partial charge is 0.0907 e. The first kappa shape index (κ1) is 12.2. The van der Waals surface area contributed by atoms with Crippen LogP contribution in [0.5, 0.6) is 0 Å². The molecule has 98 valence electrons. The van der Waals surface area contributed by atoms with Crippen LogP contribution >= 0.6 is 11.3 Å². The second kappa shape index (κ2) is 4.66. The van der Waals surface area contributed by atoms with Gasteiger partial charge in [-0.1, -0.05) is 0 Å². The van der Waals surface area contributed by atoms with Crippen molar-refractivity contribution in [2.75, 3.05) is 5.32 Å². The number of thiazole rings is 1. The van der Waals surface area contributed by atoms with Gasteiger partial charge in [-0.05, 0) is 38.1 Å². The van der Waals surface area contributed by atoms with Gasteiger partial charge in [0.25, 0.3) is 0 Å². The zero-order valence-electron chi connectivity index (χ0n) is 11.2. The molecule has 2 aromatic heterocycles. The van der Waals surface area contributed by atoms with Gasteiger partial charge in [-0.2, -0.15) is 5.10 Å². The molecule has 1 atom stereocenters. The van der Waals surface area contributed by atoms with E-state index in [1.54, 1.807) is 11.3 Å². The van der Waals surface area contributed by atoms with Crippen LogP contribution in [-0.4, -0.2) is 14.8 Å². The predicted octanol–water partition coefficient (Wildman–Crippen LogP) is 3.51. The highest BCUT2D eigenvalue weighted by atomic mass is 32.1. The van der Waals surface area contributed by atoms with Gasteiger partial charge in [-0.3, -0.25) is 4.68 Å². The summed E-state index contributed by atoms with van der Waals surface area (Å²) in [7, 11) is 1.96. The van der Waals surface area contributed by atoms with Crippen molar-refractivity contribution in [2.45, 2.75) is 19.9 Å². The number of hydrogen-bond acceptors (Lipinski definition) is 4. The molecule has 0 saturated carbocycles. The molecule has 1 unspecified atom stereocenters. The molecule has 0 fully saturated rings. The van der Waals surface area contributed by atoms with Crippen molar-refractivity contribution in [1.29, 1.82) is 0 Å². The lowest BCUT2D eigenvalue weighted by Crippen LogP contribution is -2.11. The number of hydrogen-bond donors (Lipinski definition) is 1. The van der Waals surface area contributed by atoms with Crippen molar-refractivity contribution in [1.82, 2.24) is 14.8 Å². The molecule has 0 aliphatic rings. The second-order valence-electron chi connectivity index (χ2n) is 4.66. The Morgan fingerprint density at radius 2 is 2.16 bits per heavy atom. The van der Waals surface area contributed by atoms with Gasteiger partial charge < -0.3 is 5.32 Å². The number of anilines is 1. The van der Waals surface area contributed by atoms with E-state index in [1.165, 1.54) is 10.4 Å². The summed E-state index contributed by atoms with van der Waals surface area (Å²) < 4.78 is 3.12. The molecular formula is C14H16N4S. The van der Waals surface area contributed by atoms with Crippen molar-refractivity contribution in [3.63, 3.8) is 0 Å². The third-order valence-corrected chi connectivity index (χ3v) is 4.11. The minimum atomic E-state index is 0.221. The van der Waals surface area contributed by atoms with Crippen molar-refractivity contribution in [3.05, 3.63) is 41.2 Å². The molecule has 0 radical (unpaired) electrons. The molecule has 0 amide bonds. The summed E-state index contributed by atoms with van der Waals surface area (Å²) in [4.78, 5) is 4.47. The van der Waals surface area contributed by atoms with Crippen LogP contribution < -0.4 is 5.32 Å². The lowest BCUT2D eigenvalue weighted by atomic mass is 10.2. The Morgan fingerprint density at radius 3 is 2.89 bits per heavy atom. The van der Waals surface area contributed by atoms with Crippen LogP contribution in [0.4, 0.5) is 5.69 Å². The van der Waals surface area contributed by atoms with E-state index >= 15 is 0 Å². The lowest BCUT2D eigenvalue weighted by molar-refractivity contribution is 0.676. The maximum absolute atomic E-state index is 4.47. The molecule has 3 rings (SSSR count). The maximum atomic E-state index is 4.47. The Kier molecular flexibility index (Phi) is 2.98. The molecule has 0 bridgehead atoms. The molecule has 0 aliphatic carbocycles. The Bertz CT molecular complexity index is 713. The van der Waals surface area contributed by atoms with Gasteiger partial charge in [0, 0.05) is 18.9 Å².